The van der Waals surface area contributed by atoms with Gasteiger partial charge in [0.25, 0.3) is 0 Å². The van der Waals surface area contributed by atoms with Gasteiger partial charge in [-0.25, -0.2) is 0 Å². The standard InChI is InChI=1S/C23H17F3O3.Li/c1-28-18-10-11-19-21(12-18)29-13-20(22(19)15-4-8-17(27)9-5-15)14-2-6-16(7-3-14)23(24,25)26;/h2-12,27H,13H2,1H3;. The first-order valence-electron chi connectivity index (χ1n) is 8.88. The SMILES string of the molecule is COc1ccc2c(c1)OCC(c1ccc(C(F)(F)F)cc1)=C2c1ccc(O)cc1.[Li]. The molecule has 1 aliphatic rings. The van der Waals surface area contributed by atoms with Gasteiger partial charge in [0.1, 0.15) is 23.9 Å². The Bertz CT molecular complexity index is 1070. The third-order valence-corrected chi connectivity index (χ3v) is 4.85. The van der Waals surface area contributed by atoms with Crippen LogP contribution in [0.1, 0.15) is 22.3 Å². The molecule has 3 nitrogen and oxygen atoms in total. The molecule has 0 amide bonds. The van der Waals surface area contributed by atoms with E-state index in [9.17, 15) is 18.3 Å². The Hall–Kier alpha value is -2.81. The van der Waals surface area contributed by atoms with E-state index in [0.717, 1.165) is 34.4 Å². The second kappa shape index (κ2) is 8.51. The maximum absolute atomic E-state index is 12.9. The van der Waals surface area contributed by atoms with Crippen molar-refractivity contribution in [2.45, 2.75) is 6.18 Å². The molecule has 3 aromatic rings. The van der Waals surface area contributed by atoms with E-state index in [1.54, 1.807) is 43.5 Å². The molecule has 30 heavy (non-hydrogen) atoms. The second-order valence-electron chi connectivity index (χ2n) is 6.63. The molecule has 0 aliphatic carbocycles. The maximum atomic E-state index is 12.9. The first kappa shape index (κ1) is 21.9. The first-order valence-corrected chi connectivity index (χ1v) is 8.88. The van der Waals surface area contributed by atoms with Crippen molar-refractivity contribution < 1.29 is 27.8 Å². The molecule has 4 rings (SSSR count). The summed E-state index contributed by atoms with van der Waals surface area (Å²) < 4.78 is 50.0. The van der Waals surface area contributed by atoms with Gasteiger partial charge in [-0.1, -0.05) is 24.3 Å². The van der Waals surface area contributed by atoms with E-state index in [4.69, 9.17) is 9.47 Å². The van der Waals surface area contributed by atoms with E-state index in [2.05, 4.69) is 0 Å². The van der Waals surface area contributed by atoms with E-state index in [0.29, 0.717) is 17.1 Å². The molecule has 1 heterocycles. The zero-order valence-electron chi connectivity index (χ0n) is 16.5. The molecule has 0 spiro atoms. The number of benzene rings is 3. The fraction of sp³-hybridized carbons (Fsp3) is 0.130. The number of hydrogen-bond acceptors (Lipinski definition) is 3. The molecule has 1 N–H and O–H groups in total. The van der Waals surface area contributed by atoms with Crippen LogP contribution in [0.25, 0.3) is 11.1 Å². The third kappa shape index (κ3) is 4.21. The summed E-state index contributed by atoms with van der Waals surface area (Å²) in [6.07, 6.45) is -4.39. The summed E-state index contributed by atoms with van der Waals surface area (Å²) in [7, 11) is 1.56. The number of rotatable bonds is 3. The Morgan fingerprint density at radius 2 is 1.53 bits per heavy atom. The van der Waals surface area contributed by atoms with Crippen LogP contribution in [0.4, 0.5) is 13.2 Å². The van der Waals surface area contributed by atoms with Crippen LogP contribution >= 0.6 is 0 Å². The molecule has 0 aromatic heterocycles. The minimum atomic E-state index is -4.39. The van der Waals surface area contributed by atoms with Gasteiger partial charge in [-0.3, -0.25) is 0 Å². The van der Waals surface area contributed by atoms with E-state index in [-0.39, 0.29) is 31.2 Å². The average Bonchev–Trinajstić information content (AvgIpc) is 2.72. The Labute approximate surface area is 183 Å². The largest absolute Gasteiger partial charge is 0.508 e. The third-order valence-electron chi connectivity index (χ3n) is 4.85. The quantitative estimate of drug-likeness (QED) is 0.594. The Balaban J connectivity index is 0.00000256. The van der Waals surface area contributed by atoms with Gasteiger partial charge in [0, 0.05) is 36.1 Å². The summed E-state index contributed by atoms with van der Waals surface area (Å²) in [5.74, 6) is 1.40. The van der Waals surface area contributed by atoms with E-state index < -0.39 is 11.7 Å². The summed E-state index contributed by atoms with van der Waals surface area (Å²) in [5, 5.41) is 9.64. The smallest absolute Gasteiger partial charge is 0.416 e. The van der Waals surface area contributed by atoms with Crippen molar-refractivity contribution >= 4 is 30.0 Å². The molecule has 0 unspecified atom stereocenters. The van der Waals surface area contributed by atoms with Crippen molar-refractivity contribution in [2.75, 3.05) is 13.7 Å². The molecule has 0 saturated heterocycles. The molecule has 0 bridgehead atoms. The van der Waals surface area contributed by atoms with Gasteiger partial charge in [-0.15, -0.1) is 0 Å². The van der Waals surface area contributed by atoms with Gasteiger partial charge in [0.15, 0.2) is 0 Å². The van der Waals surface area contributed by atoms with Crippen LogP contribution in [0.3, 0.4) is 0 Å². The molecule has 7 heteroatoms. The van der Waals surface area contributed by atoms with Gasteiger partial charge in [-0.2, -0.15) is 13.2 Å². The van der Waals surface area contributed by atoms with Crippen molar-refractivity contribution in [1.29, 1.82) is 0 Å². The van der Waals surface area contributed by atoms with Crippen LogP contribution in [0.2, 0.25) is 0 Å². The fourth-order valence-electron chi connectivity index (χ4n) is 3.39. The average molecular weight is 405 g/mol. The van der Waals surface area contributed by atoms with Crippen LogP contribution in [-0.4, -0.2) is 37.7 Å². The van der Waals surface area contributed by atoms with E-state index in [1.165, 1.54) is 12.1 Å². The van der Waals surface area contributed by atoms with Gasteiger partial charge < -0.3 is 14.6 Å². The minimum Gasteiger partial charge on any atom is -0.508 e. The number of alkyl halides is 3. The van der Waals surface area contributed by atoms with Crippen LogP contribution < -0.4 is 9.47 Å². The molecule has 0 saturated carbocycles. The van der Waals surface area contributed by atoms with Crippen molar-refractivity contribution in [2.24, 2.45) is 0 Å². The first-order chi connectivity index (χ1) is 13.9. The maximum Gasteiger partial charge on any atom is 0.416 e. The summed E-state index contributed by atoms with van der Waals surface area (Å²) >= 11 is 0. The Kier molecular flexibility index (Phi) is 6.21. The molecular formula is C23H17F3LiO3. The molecule has 3 aromatic carbocycles. The summed E-state index contributed by atoms with van der Waals surface area (Å²) in [5.41, 5.74) is 3.18. The number of fused-ring (bicyclic) bond motifs is 1. The molecule has 0 fully saturated rings. The molecule has 1 aliphatic heterocycles. The number of phenols is 1. The number of hydrogen-bond donors (Lipinski definition) is 1. The normalized spacial score (nSPS) is 13.2. The van der Waals surface area contributed by atoms with Crippen LogP contribution in [0.15, 0.2) is 66.7 Å². The number of ether oxygens (including phenoxy) is 2. The molecule has 0 atom stereocenters. The zero-order valence-corrected chi connectivity index (χ0v) is 16.5. The van der Waals surface area contributed by atoms with Crippen molar-refractivity contribution in [3.8, 4) is 17.2 Å². The Morgan fingerprint density at radius 3 is 2.13 bits per heavy atom. The predicted molar refractivity (Wildman–Crippen MR) is 110 cm³/mol. The van der Waals surface area contributed by atoms with Crippen LogP contribution in [-0.2, 0) is 6.18 Å². The predicted octanol–water partition coefficient (Wildman–Crippen LogP) is 5.39. The molecular weight excluding hydrogens is 388 g/mol. The number of aromatic hydroxyl groups is 1. The van der Waals surface area contributed by atoms with Gasteiger partial charge in [0.05, 0.1) is 12.7 Å². The zero-order chi connectivity index (χ0) is 20.6. The fourth-order valence-corrected chi connectivity index (χ4v) is 3.39. The second-order valence-corrected chi connectivity index (χ2v) is 6.63. The molecule has 1 radical (unpaired) electrons. The number of methoxy groups -OCH3 is 1. The minimum absolute atomic E-state index is 0. The van der Waals surface area contributed by atoms with Crippen molar-refractivity contribution in [3.05, 3.63) is 89.0 Å². The Morgan fingerprint density at radius 1 is 0.900 bits per heavy atom. The van der Waals surface area contributed by atoms with E-state index >= 15 is 0 Å². The van der Waals surface area contributed by atoms with Crippen LogP contribution in [0.5, 0.6) is 17.2 Å². The monoisotopic (exact) mass is 405 g/mol. The summed E-state index contributed by atoms with van der Waals surface area (Å²) in [4.78, 5) is 0. The van der Waals surface area contributed by atoms with Gasteiger partial charge in [0.2, 0.25) is 0 Å². The molecule has 149 valence electrons. The number of halogens is 3. The topological polar surface area (TPSA) is 38.7 Å². The summed E-state index contributed by atoms with van der Waals surface area (Å²) in [6, 6.07) is 17.2. The number of phenolic OH excluding ortho intramolecular Hbond substituents is 1. The van der Waals surface area contributed by atoms with Crippen LogP contribution in [0, 0.1) is 0 Å². The van der Waals surface area contributed by atoms with Gasteiger partial charge >= 0.3 is 6.18 Å². The van der Waals surface area contributed by atoms with Crippen molar-refractivity contribution in [3.63, 3.8) is 0 Å². The van der Waals surface area contributed by atoms with Gasteiger partial charge in [-0.05, 0) is 53.1 Å². The van der Waals surface area contributed by atoms with E-state index in [1.807, 2.05) is 6.07 Å². The summed E-state index contributed by atoms with van der Waals surface area (Å²) in [6.45, 7) is 0.196. The van der Waals surface area contributed by atoms with Crippen molar-refractivity contribution in [1.82, 2.24) is 0 Å².